The van der Waals surface area contributed by atoms with Crippen LogP contribution in [0.25, 0.3) is 0 Å². The molecule has 0 aliphatic carbocycles. The van der Waals surface area contributed by atoms with E-state index in [0.29, 0.717) is 0 Å². The van der Waals surface area contributed by atoms with Gasteiger partial charge in [0.05, 0.1) is 0 Å². The fourth-order valence-corrected chi connectivity index (χ4v) is 3.06. The molecule has 0 aliphatic heterocycles. The Balaban J connectivity index is 3.62. The van der Waals surface area contributed by atoms with Crippen LogP contribution in [0.3, 0.4) is 0 Å². The molecular formula is C20H40O3. The second-order valence-corrected chi connectivity index (χ2v) is 6.83. The smallest absolute Gasteiger partial charge is 0.450 e. The number of rotatable bonds is 17. The van der Waals surface area contributed by atoms with Crippen LogP contribution < -0.4 is 0 Å². The molecule has 138 valence electrons. The van der Waals surface area contributed by atoms with Gasteiger partial charge in [0.1, 0.15) is 6.10 Å². The van der Waals surface area contributed by atoms with Gasteiger partial charge in [-0.1, -0.05) is 90.9 Å². The number of ether oxygens (including phenoxy) is 1. The Hall–Kier alpha value is -0.730. The first-order valence-corrected chi connectivity index (χ1v) is 10.1. The van der Waals surface area contributed by atoms with Gasteiger partial charge < -0.3 is 9.84 Å². The van der Waals surface area contributed by atoms with Gasteiger partial charge in [0.15, 0.2) is 0 Å². The zero-order valence-corrected chi connectivity index (χ0v) is 15.7. The first-order chi connectivity index (χ1) is 11.2. The number of hydrogen-bond donors (Lipinski definition) is 1. The molecule has 0 saturated heterocycles. The maximum Gasteiger partial charge on any atom is 0.506 e. The minimum Gasteiger partial charge on any atom is -0.450 e. The second-order valence-electron chi connectivity index (χ2n) is 6.83. The Bertz CT molecular complexity index is 235. The molecule has 0 rings (SSSR count). The third-order valence-electron chi connectivity index (χ3n) is 4.53. The summed E-state index contributed by atoms with van der Waals surface area (Å²) in [5, 5.41) is 8.86. The van der Waals surface area contributed by atoms with Gasteiger partial charge in [0, 0.05) is 0 Å². The average Bonchev–Trinajstić information content (AvgIpc) is 2.52. The topological polar surface area (TPSA) is 46.5 Å². The van der Waals surface area contributed by atoms with Crippen LogP contribution in [0.5, 0.6) is 0 Å². The fraction of sp³-hybridized carbons (Fsp3) is 0.950. The normalized spacial score (nSPS) is 11.1. The van der Waals surface area contributed by atoms with E-state index in [1.165, 1.54) is 77.0 Å². The summed E-state index contributed by atoms with van der Waals surface area (Å²) in [5.41, 5.74) is 0. The van der Waals surface area contributed by atoms with Crippen molar-refractivity contribution in [2.45, 2.75) is 123 Å². The first kappa shape index (κ1) is 22.3. The highest BCUT2D eigenvalue weighted by Crippen LogP contribution is 2.17. The monoisotopic (exact) mass is 328 g/mol. The molecule has 0 aromatic carbocycles. The molecule has 0 aromatic rings. The minimum absolute atomic E-state index is 0.0845. The molecule has 0 heterocycles. The summed E-state index contributed by atoms with van der Waals surface area (Å²) in [4.78, 5) is 10.8. The van der Waals surface area contributed by atoms with Crippen molar-refractivity contribution >= 4 is 6.16 Å². The van der Waals surface area contributed by atoms with Gasteiger partial charge in [-0.2, -0.15) is 0 Å². The Morgan fingerprint density at radius 2 is 1.04 bits per heavy atom. The van der Waals surface area contributed by atoms with E-state index in [-0.39, 0.29) is 6.10 Å². The van der Waals surface area contributed by atoms with Crippen LogP contribution in [0.1, 0.15) is 117 Å². The zero-order valence-electron chi connectivity index (χ0n) is 15.7. The lowest BCUT2D eigenvalue weighted by Gasteiger charge is -2.15. The summed E-state index contributed by atoms with van der Waals surface area (Å²) in [6, 6.07) is 0. The Labute approximate surface area is 144 Å². The van der Waals surface area contributed by atoms with Crippen molar-refractivity contribution in [2.75, 3.05) is 0 Å². The van der Waals surface area contributed by atoms with Crippen LogP contribution in [0.15, 0.2) is 0 Å². The highest BCUT2D eigenvalue weighted by atomic mass is 16.7. The molecule has 0 aliphatic rings. The fourth-order valence-electron chi connectivity index (χ4n) is 3.06. The summed E-state index contributed by atoms with van der Waals surface area (Å²) >= 11 is 0. The lowest BCUT2D eigenvalue weighted by atomic mass is 10.0. The van der Waals surface area contributed by atoms with Gasteiger partial charge in [0.2, 0.25) is 0 Å². The molecule has 1 N–H and O–H groups in total. The molecule has 3 nitrogen and oxygen atoms in total. The molecule has 0 aromatic heterocycles. The number of carbonyl (C=O) groups is 1. The van der Waals surface area contributed by atoms with Crippen molar-refractivity contribution in [1.82, 2.24) is 0 Å². The zero-order chi connectivity index (χ0) is 17.2. The predicted molar refractivity (Wildman–Crippen MR) is 98.1 cm³/mol. The van der Waals surface area contributed by atoms with Crippen molar-refractivity contribution in [3.63, 3.8) is 0 Å². The van der Waals surface area contributed by atoms with Crippen molar-refractivity contribution in [1.29, 1.82) is 0 Å². The van der Waals surface area contributed by atoms with Crippen molar-refractivity contribution in [3.05, 3.63) is 0 Å². The van der Waals surface area contributed by atoms with Crippen molar-refractivity contribution in [3.8, 4) is 0 Å². The molecule has 0 spiro atoms. The van der Waals surface area contributed by atoms with Gasteiger partial charge in [-0.25, -0.2) is 4.79 Å². The molecule has 0 radical (unpaired) electrons. The number of hydrogen-bond acceptors (Lipinski definition) is 2. The Morgan fingerprint density at radius 3 is 1.39 bits per heavy atom. The highest BCUT2D eigenvalue weighted by molar-refractivity contribution is 5.57. The van der Waals surface area contributed by atoms with Crippen LogP contribution in [0.4, 0.5) is 4.79 Å². The summed E-state index contributed by atoms with van der Waals surface area (Å²) in [7, 11) is 0. The summed E-state index contributed by atoms with van der Waals surface area (Å²) in [6.07, 6.45) is 18.3. The summed E-state index contributed by atoms with van der Waals surface area (Å²) < 4.78 is 5.06. The SMILES string of the molecule is CCCCCCCCCC(CCCCCCCCC)OC(=O)O. The van der Waals surface area contributed by atoms with Gasteiger partial charge in [-0.05, 0) is 25.7 Å². The largest absolute Gasteiger partial charge is 0.506 e. The Kier molecular flexibility index (Phi) is 17.1. The third-order valence-corrected chi connectivity index (χ3v) is 4.53. The van der Waals surface area contributed by atoms with Gasteiger partial charge >= 0.3 is 6.16 Å². The first-order valence-electron chi connectivity index (χ1n) is 10.1. The van der Waals surface area contributed by atoms with E-state index in [1.54, 1.807) is 0 Å². The summed E-state index contributed by atoms with van der Waals surface area (Å²) in [6.45, 7) is 4.47. The van der Waals surface area contributed by atoms with Crippen molar-refractivity contribution in [2.24, 2.45) is 0 Å². The number of carboxylic acid groups (broad SMARTS) is 1. The van der Waals surface area contributed by atoms with Gasteiger partial charge in [-0.15, -0.1) is 0 Å². The second kappa shape index (κ2) is 17.6. The van der Waals surface area contributed by atoms with E-state index in [4.69, 9.17) is 9.84 Å². The van der Waals surface area contributed by atoms with Gasteiger partial charge in [0.25, 0.3) is 0 Å². The van der Waals surface area contributed by atoms with Crippen LogP contribution >= 0.6 is 0 Å². The molecule has 0 unspecified atom stereocenters. The minimum atomic E-state index is -1.11. The molecule has 0 amide bonds. The predicted octanol–water partition coefficient (Wildman–Crippen LogP) is 7.33. The maximum atomic E-state index is 10.8. The summed E-state index contributed by atoms with van der Waals surface area (Å²) in [5.74, 6) is 0. The molecule has 0 atom stereocenters. The quantitative estimate of drug-likeness (QED) is 0.224. The van der Waals surface area contributed by atoms with Crippen LogP contribution in [0, 0.1) is 0 Å². The Morgan fingerprint density at radius 1 is 0.696 bits per heavy atom. The third kappa shape index (κ3) is 17.5. The maximum absolute atomic E-state index is 10.8. The van der Waals surface area contributed by atoms with E-state index in [9.17, 15) is 4.79 Å². The van der Waals surface area contributed by atoms with E-state index < -0.39 is 6.16 Å². The molecule has 0 saturated carbocycles. The van der Waals surface area contributed by atoms with Gasteiger partial charge in [-0.3, -0.25) is 0 Å². The average molecular weight is 329 g/mol. The highest BCUT2D eigenvalue weighted by Gasteiger charge is 2.12. The lowest BCUT2D eigenvalue weighted by Crippen LogP contribution is -2.16. The van der Waals surface area contributed by atoms with Crippen LogP contribution in [-0.4, -0.2) is 17.4 Å². The van der Waals surface area contributed by atoms with E-state index in [2.05, 4.69) is 13.8 Å². The van der Waals surface area contributed by atoms with Crippen molar-refractivity contribution < 1.29 is 14.6 Å². The molecule has 3 heteroatoms. The molecular weight excluding hydrogens is 288 g/mol. The standard InChI is InChI=1S/C20H40O3/c1-3-5-7-9-11-13-15-17-19(23-20(21)22)18-16-14-12-10-8-6-4-2/h19H,3-18H2,1-2H3,(H,21,22). The number of unbranched alkanes of at least 4 members (excludes halogenated alkanes) is 12. The van der Waals surface area contributed by atoms with E-state index in [1.807, 2.05) is 0 Å². The van der Waals surface area contributed by atoms with E-state index >= 15 is 0 Å². The molecule has 0 bridgehead atoms. The molecule has 23 heavy (non-hydrogen) atoms. The molecule has 0 fully saturated rings. The van der Waals surface area contributed by atoms with E-state index in [0.717, 1.165) is 25.7 Å². The van der Waals surface area contributed by atoms with Crippen LogP contribution in [-0.2, 0) is 4.74 Å². The lowest BCUT2D eigenvalue weighted by molar-refractivity contribution is 0.0422. The van der Waals surface area contributed by atoms with Crippen LogP contribution in [0.2, 0.25) is 0 Å².